The molecule has 1 fully saturated rings. The summed E-state index contributed by atoms with van der Waals surface area (Å²) >= 11 is 0. The molecule has 0 aliphatic carbocycles. The van der Waals surface area contributed by atoms with Gasteiger partial charge in [0.25, 0.3) is 0 Å². The third-order valence-electron chi connectivity index (χ3n) is 3.79. The minimum atomic E-state index is 0. The third-order valence-corrected chi connectivity index (χ3v) is 3.79. The Hall–Kier alpha value is -1.36. The number of nitrogens with one attached hydrogen (secondary N) is 2. The number of benzene rings is 1. The number of amides is 1. The third kappa shape index (κ3) is 4.57. The van der Waals surface area contributed by atoms with Gasteiger partial charge in [0, 0.05) is 30.6 Å². The average molecular weight is 342 g/mol. The fourth-order valence-electron chi connectivity index (χ4n) is 2.73. The van der Waals surface area contributed by atoms with Crippen LogP contribution in [0, 0.1) is 0 Å². The number of carbonyl (C=O) groups excluding carboxylic acids is 1. The van der Waals surface area contributed by atoms with Gasteiger partial charge in [0.1, 0.15) is 0 Å². The highest BCUT2D eigenvalue weighted by molar-refractivity contribution is 5.85. The summed E-state index contributed by atoms with van der Waals surface area (Å²) in [6.07, 6.45) is 4.63. The lowest BCUT2D eigenvalue weighted by atomic mass is 10.1. The van der Waals surface area contributed by atoms with Gasteiger partial charge in [0.2, 0.25) is 5.91 Å². The highest BCUT2D eigenvalue weighted by atomic mass is 35.5. The lowest BCUT2D eigenvalue weighted by Crippen LogP contribution is -2.31. The van der Waals surface area contributed by atoms with Gasteiger partial charge >= 0.3 is 0 Å². The molecule has 22 heavy (non-hydrogen) atoms. The summed E-state index contributed by atoms with van der Waals surface area (Å²) in [6, 6.07) is 10.4. The maximum Gasteiger partial charge on any atom is 0.221 e. The number of rotatable bonds is 4. The second-order valence-corrected chi connectivity index (χ2v) is 5.27. The Morgan fingerprint density at radius 1 is 1.27 bits per heavy atom. The Kier molecular flexibility index (Phi) is 7.59. The van der Waals surface area contributed by atoms with Crippen molar-refractivity contribution in [1.29, 1.82) is 0 Å². The SMILES string of the molecule is Cl.Cl.O=C(CC1CCCN1)NCc1cccc2cccnc12. The van der Waals surface area contributed by atoms with E-state index < -0.39 is 0 Å². The molecule has 0 saturated carbocycles. The van der Waals surface area contributed by atoms with Crippen molar-refractivity contribution < 1.29 is 4.79 Å². The molecular weight excluding hydrogens is 321 g/mol. The van der Waals surface area contributed by atoms with Gasteiger partial charge in [0.15, 0.2) is 0 Å². The van der Waals surface area contributed by atoms with Crippen LogP contribution >= 0.6 is 24.8 Å². The predicted molar refractivity (Wildman–Crippen MR) is 93.7 cm³/mol. The molecule has 1 aromatic carbocycles. The van der Waals surface area contributed by atoms with Gasteiger partial charge in [-0.15, -0.1) is 24.8 Å². The molecule has 1 aliphatic rings. The molecule has 1 saturated heterocycles. The van der Waals surface area contributed by atoms with E-state index in [9.17, 15) is 4.79 Å². The van der Waals surface area contributed by atoms with Crippen LogP contribution in [0.2, 0.25) is 0 Å². The molecule has 0 spiro atoms. The van der Waals surface area contributed by atoms with Crippen LogP contribution in [0.25, 0.3) is 10.9 Å². The van der Waals surface area contributed by atoms with Crippen molar-refractivity contribution >= 4 is 41.6 Å². The zero-order valence-corrected chi connectivity index (χ0v) is 13.9. The van der Waals surface area contributed by atoms with Crippen LogP contribution in [0.5, 0.6) is 0 Å². The van der Waals surface area contributed by atoms with Crippen LogP contribution in [0.4, 0.5) is 0 Å². The number of nitrogens with zero attached hydrogens (tertiary/aromatic N) is 1. The number of halogens is 2. The molecule has 1 amide bonds. The summed E-state index contributed by atoms with van der Waals surface area (Å²) in [5.74, 6) is 0.109. The number of aromatic nitrogens is 1. The molecule has 2 aromatic rings. The number of para-hydroxylation sites is 1. The fraction of sp³-hybridized carbons (Fsp3) is 0.375. The van der Waals surface area contributed by atoms with Crippen LogP contribution in [0.15, 0.2) is 36.5 Å². The fourth-order valence-corrected chi connectivity index (χ4v) is 2.73. The Morgan fingerprint density at radius 3 is 2.86 bits per heavy atom. The van der Waals surface area contributed by atoms with Crippen LogP contribution < -0.4 is 10.6 Å². The molecule has 1 atom stereocenters. The zero-order chi connectivity index (χ0) is 13.8. The first-order valence-corrected chi connectivity index (χ1v) is 7.15. The normalized spacial score (nSPS) is 16.6. The highest BCUT2D eigenvalue weighted by Gasteiger charge is 2.17. The van der Waals surface area contributed by atoms with Crippen molar-refractivity contribution in [3.05, 3.63) is 42.1 Å². The summed E-state index contributed by atoms with van der Waals surface area (Å²) in [7, 11) is 0. The van der Waals surface area contributed by atoms with Gasteiger partial charge < -0.3 is 10.6 Å². The first kappa shape index (κ1) is 18.7. The maximum atomic E-state index is 11.9. The first-order chi connectivity index (χ1) is 9.83. The molecule has 1 aromatic heterocycles. The number of pyridine rings is 1. The maximum absolute atomic E-state index is 11.9. The summed E-state index contributed by atoms with van der Waals surface area (Å²) in [6.45, 7) is 1.57. The molecule has 6 heteroatoms. The Bertz CT molecular complexity index is 610. The Labute approximate surface area is 142 Å². The first-order valence-electron chi connectivity index (χ1n) is 7.15. The Morgan fingerprint density at radius 2 is 2.09 bits per heavy atom. The Balaban J connectivity index is 0.00000121. The topological polar surface area (TPSA) is 54.0 Å². The average Bonchev–Trinajstić information content (AvgIpc) is 2.98. The van der Waals surface area contributed by atoms with Gasteiger partial charge in [-0.2, -0.15) is 0 Å². The van der Waals surface area contributed by atoms with Crippen molar-refractivity contribution in [2.24, 2.45) is 0 Å². The van der Waals surface area contributed by atoms with Gasteiger partial charge in [0.05, 0.1) is 5.52 Å². The van der Waals surface area contributed by atoms with Crippen LogP contribution in [0.3, 0.4) is 0 Å². The van der Waals surface area contributed by atoms with Crippen molar-refractivity contribution in [3.63, 3.8) is 0 Å². The molecule has 2 N–H and O–H groups in total. The van der Waals surface area contributed by atoms with Crippen molar-refractivity contribution in [3.8, 4) is 0 Å². The minimum Gasteiger partial charge on any atom is -0.352 e. The van der Waals surface area contributed by atoms with Crippen molar-refractivity contribution in [2.45, 2.75) is 31.8 Å². The van der Waals surface area contributed by atoms with E-state index in [-0.39, 0.29) is 30.7 Å². The number of hydrogen-bond donors (Lipinski definition) is 2. The van der Waals surface area contributed by atoms with Gasteiger partial charge in [-0.1, -0.05) is 24.3 Å². The standard InChI is InChI=1S/C16H19N3O.2ClH/c20-15(10-14-7-3-8-17-14)19-11-13-5-1-4-12-6-2-9-18-16(12)13;;/h1-2,4-6,9,14,17H,3,7-8,10-11H2,(H,19,20);2*1H. The van der Waals surface area contributed by atoms with Crippen LogP contribution in [0.1, 0.15) is 24.8 Å². The summed E-state index contributed by atoms with van der Waals surface area (Å²) in [5.41, 5.74) is 2.03. The van der Waals surface area contributed by atoms with E-state index in [1.54, 1.807) is 6.20 Å². The van der Waals surface area contributed by atoms with E-state index in [4.69, 9.17) is 0 Å². The second-order valence-electron chi connectivity index (χ2n) is 5.27. The smallest absolute Gasteiger partial charge is 0.221 e. The lowest BCUT2D eigenvalue weighted by Gasteiger charge is -2.11. The zero-order valence-electron chi connectivity index (χ0n) is 12.2. The predicted octanol–water partition coefficient (Wildman–Crippen LogP) is 2.84. The monoisotopic (exact) mass is 341 g/mol. The molecule has 1 unspecified atom stereocenters. The lowest BCUT2D eigenvalue weighted by molar-refractivity contribution is -0.121. The molecule has 120 valence electrons. The quantitative estimate of drug-likeness (QED) is 0.898. The van der Waals surface area contributed by atoms with E-state index in [0.29, 0.717) is 19.0 Å². The van der Waals surface area contributed by atoms with Crippen LogP contribution in [-0.2, 0) is 11.3 Å². The van der Waals surface area contributed by atoms with E-state index in [1.807, 2.05) is 30.3 Å². The highest BCUT2D eigenvalue weighted by Crippen LogP contribution is 2.15. The molecule has 2 heterocycles. The van der Waals surface area contributed by atoms with E-state index in [2.05, 4.69) is 15.6 Å². The molecule has 4 nitrogen and oxygen atoms in total. The molecule has 0 bridgehead atoms. The van der Waals surface area contributed by atoms with E-state index >= 15 is 0 Å². The molecule has 1 aliphatic heterocycles. The number of fused-ring (bicyclic) bond motifs is 1. The molecular formula is C16H21Cl2N3O. The largest absolute Gasteiger partial charge is 0.352 e. The van der Waals surface area contributed by atoms with Crippen molar-refractivity contribution in [1.82, 2.24) is 15.6 Å². The van der Waals surface area contributed by atoms with Gasteiger partial charge in [-0.3, -0.25) is 9.78 Å². The molecule has 0 radical (unpaired) electrons. The second kappa shape index (κ2) is 8.93. The summed E-state index contributed by atoms with van der Waals surface area (Å²) < 4.78 is 0. The van der Waals surface area contributed by atoms with Crippen LogP contribution in [-0.4, -0.2) is 23.5 Å². The molecule has 3 rings (SSSR count). The summed E-state index contributed by atoms with van der Waals surface area (Å²) in [4.78, 5) is 16.3. The van der Waals surface area contributed by atoms with E-state index in [1.165, 1.54) is 6.42 Å². The van der Waals surface area contributed by atoms with Gasteiger partial charge in [-0.05, 0) is 31.0 Å². The number of carbonyl (C=O) groups is 1. The summed E-state index contributed by atoms with van der Waals surface area (Å²) in [5, 5.41) is 7.45. The minimum absolute atomic E-state index is 0. The number of hydrogen-bond acceptors (Lipinski definition) is 3. The van der Waals surface area contributed by atoms with Crippen molar-refractivity contribution in [2.75, 3.05) is 6.54 Å². The van der Waals surface area contributed by atoms with Gasteiger partial charge in [-0.25, -0.2) is 0 Å². The van der Waals surface area contributed by atoms with E-state index in [0.717, 1.165) is 29.4 Å².